The molecule has 0 spiro atoms. The first-order chi connectivity index (χ1) is 6.74. The zero-order chi connectivity index (χ0) is 10.8. The quantitative estimate of drug-likeness (QED) is 0.360. The largest absolute Gasteiger partial charge is 0.303 e. The molecule has 76 valence electrons. The number of aldehydes is 1. The van der Waals surface area contributed by atoms with Gasteiger partial charge in [-0.15, -0.1) is 0 Å². The Balaban J connectivity index is 4.45. The van der Waals surface area contributed by atoms with Crippen molar-refractivity contribution in [1.29, 1.82) is 0 Å². The maximum atomic E-state index is 10.2. The van der Waals surface area contributed by atoms with Gasteiger partial charge in [-0.25, -0.2) is 0 Å². The van der Waals surface area contributed by atoms with E-state index >= 15 is 0 Å². The van der Waals surface area contributed by atoms with Crippen LogP contribution in [0.2, 0.25) is 0 Å². The van der Waals surface area contributed by atoms with Crippen molar-refractivity contribution >= 4 is 18.7 Å². The molecule has 0 bridgehead atoms. The first-order valence-electron chi connectivity index (χ1n) is 4.42. The van der Waals surface area contributed by atoms with E-state index in [0.717, 1.165) is 17.4 Å². The number of hydrogen-bond donors (Lipinski definition) is 0. The third-order valence-electron chi connectivity index (χ3n) is 1.51. The summed E-state index contributed by atoms with van der Waals surface area (Å²) < 4.78 is 0. The summed E-state index contributed by atoms with van der Waals surface area (Å²) in [4.78, 5) is 18.0. The first kappa shape index (κ1) is 12.5. The van der Waals surface area contributed by atoms with Gasteiger partial charge in [-0.05, 0) is 23.6 Å². The number of hydrogen-bond acceptors (Lipinski definition) is 3. The monoisotopic (exact) mass is 192 g/mol. The van der Waals surface area contributed by atoms with E-state index in [1.807, 2.05) is 6.08 Å². The Morgan fingerprint density at radius 2 is 1.93 bits per heavy atom. The highest BCUT2D eigenvalue weighted by molar-refractivity contribution is 5.87. The third-order valence-corrected chi connectivity index (χ3v) is 1.51. The summed E-state index contributed by atoms with van der Waals surface area (Å²) in [5.41, 5.74) is 1.80. The van der Waals surface area contributed by atoms with E-state index < -0.39 is 0 Å². The third kappa shape index (κ3) is 6.06. The van der Waals surface area contributed by atoms with Crippen molar-refractivity contribution in [2.75, 3.05) is 14.1 Å². The first-order valence-corrected chi connectivity index (χ1v) is 4.42. The molecule has 3 nitrogen and oxygen atoms in total. The highest BCUT2D eigenvalue weighted by Gasteiger charge is 1.93. The molecular formula is C11H16N2O. The average Bonchev–Trinajstić information content (AvgIpc) is 2.15. The molecule has 0 aliphatic heterocycles. The summed E-state index contributed by atoms with van der Waals surface area (Å²) in [6.07, 6.45) is 7.38. The molecule has 0 fully saturated rings. The smallest absolute Gasteiger partial charge is 0.120 e. The van der Waals surface area contributed by atoms with Crippen molar-refractivity contribution in [2.45, 2.75) is 12.8 Å². The average molecular weight is 192 g/mol. The molecule has 0 aliphatic rings. The van der Waals surface area contributed by atoms with Gasteiger partial charge in [0.2, 0.25) is 0 Å². The fourth-order valence-corrected chi connectivity index (χ4v) is 1.01. The van der Waals surface area contributed by atoms with Crippen molar-refractivity contribution in [2.24, 2.45) is 9.98 Å². The van der Waals surface area contributed by atoms with Gasteiger partial charge in [0, 0.05) is 32.9 Å². The number of allylic oxidation sites excluding steroid dienone is 3. The minimum atomic E-state index is 0.508. The van der Waals surface area contributed by atoms with Gasteiger partial charge >= 0.3 is 0 Å². The van der Waals surface area contributed by atoms with E-state index in [4.69, 9.17) is 0 Å². The highest BCUT2D eigenvalue weighted by atomic mass is 16.1. The molecule has 0 aromatic heterocycles. The minimum absolute atomic E-state index is 0.508. The molecule has 3 heteroatoms. The summed E-state index contributed by atoms with van der Waals surface area (Å²) in [5.74, 6) is 0. The van der Waals surface area contributed by atoms with Gasteiger partial charge in [0.1, 0.15) is 6.29 Å². The van der Waals surface area contributed by atoms with Gasteiger partial charge in [0.25, 0.3) is 0 Å². The van der Waals surface area contributed by atoms with Crippen LogP contribution in [0.4, 0.5) is 0 Å². The minimum Gasteiger partial charge on any atom is -0.303 e. The highest BCUT2D eigenvalue weighted by Crippen LogP contribution is 2.04. The Kier molecular flexibility index (Phi) is 7.23. The van der Waals surface area contributed by atoms with Crippen LogP contribution in [-0.4, -0.2) is 32.8 Å². The van der Waals surface area contributed by atoms with Crippen LogP contribution in [0.5, 0.6) is 0 Å². The predicted octanol–water partition coefficient (Wildman–Crippen LogP) is 1.85. The summed E-state index contributed by atoms with van der Waals surface area (Å²) >= 11 is 0. The summed E-state index contributed by atoms with van der Waals surface area (Å²) in [7, 11) is 3.39. The zero-order valence-electron chi connectivity index (χ0n) is 8.73. The van der Waals surface area contributed by atoms with E-state index in [9.17, 15) is 4.79 Å². The molecule has 0 saturated carbocycles. The normalized spacial score (nSPS) is 12.6. The van der Waals surface area contributed by atoms with Gasteiger partial charge in [-0.3, -0.25) is 9.98 Å². The lowest BCUT2D eigenvalue weighted by molar-refractivity contribution is -0.107. The molecule has 0 saturated heterocycles. The molecular weight excluding hydrogens is 176 g/mol. The maximum Gasteiger partial charge on any atom is 0.120 e. The molecule has 0 N–H and O–H groups in total. The zero-order valence-corrected chi connectivity index (χ0v) is 8.73. The van der Waals surface area contributed by atoms with Crippen LogP contribution in [0.15, 0.2) is 33.8 Å². The number of aliphatic imine (C=N–C) groups is 2. The van der Waals surface area contributed by atoms with Gasteiger partial charge in [0.15, 0.2) is 0 Å². The van der Waals surface area contributed by atoms with Crippen LogP contribution in [0, 0.1) is 0 Å². The summed E-state index contributed by atoms with van der Waals surface area (Å²) in [6.45, 7) is 3.80. The van der Waals surface area contributed by atoms with Crippen LogP contribution in [0.1, 0.15) is 12.8 Å². The molecule has 0 aromatic carbocycles. The van der Waals surface area contributed by atoms with Crippen LogP contribution in [0.3, 0.4) is 0 Å². The number of carbonyl (C=O) groups excluding carboxylic acids is 1. The van der Waals surface area contributed by atoms with Gasteiger partial charge < -0.3 is 4.79 Å². The van der Waals surface area contributed by atoms with E-state index in [1.54, 1.807) is 26.5 Å². The van der Waals surface area contributed by atoms with Crippen LogP contribution >= 0.6 is 0 Å². The Hall–Kier alpha value is -1.51. The summed E-state index contributed by atoms with van der Waals surface area (Å²) in [5, 5.41) is 0. The van der Waals surface area contributed by atoms with Crippen molar-refractivity contribution in [1.82, 2.24) is 0 Å². The maximum absolute atomic E-state index is 10.2. The second kappa shape index (κ2) is 8.10. The van der Waals surface area contributed by atoms with Gasteiger partial charge in [0.05, 0.1) is 0 Å². The molecule has 0 amide bonds. The van der Waals surface area contributed by atoms with Crippen molar-refractivity contribution in [3.05, 3.63) is 23.8 Å². The standard InChI is InChI=1S/C11H16N2O/c1-10(8-12-2)7-11(9-13-3)5-4-6-14/h6-9H,1,4-5H2,2-3H3/b11-7+,12-8?,13-9?. The second-order valence-electron chi connectivity index (χ2n) is 2.77. The van der Waals surface area contributed by atoms with Crippen molar-refractivity contribution < 1.29 is 4.79 Å². The van der Waals surface area contributed by atoms with Crippen LogP contribution in [0.25, 0.3) is 0 Å². The Morgan fingerprint density at radius 3 is 2.43 bits per heavy atom. The number of nitrogens with zero attached hydrogens (tertiary/aromatic N) is 2. The van der Waals surface area contributed by atoms with E-state index in [0.29, 0.717) is 12.8 Å². The molecule has 0 unspecified atom stereocenters. The molecule has 0 atom stereocenters. The second-order valence-corrected chi connectivity index (χ2v) is 2.77. The molecule has 0 heterocycles. The van der Waals surface area contributed by atoms with E-state index in [2.05, 4.69) is 16.6 Å². The van der Waals surface area contributed by atoms with Crippen molar-refractivity contribution in [3.8, 4) is 0 Å². The fraction of sp³-hybridized carbons (Fsp3) is 0.364. The van der Waals surface area contributed by atoms with E-state index in [1.165, 1.54) is 0 Å². The molecule has 0 radical (unpaired) electrons. The topological polar surface area (TPSA) is 41.8 Å². The lowest BCUT2D eigenvalue weighted by Crippen LogP contribution is -1.89. The number of carbonyl (C=O) groups is 1. The SMILES string of the molecule is C=C(C=NC)/C=C(/C=NC)CCC=O. The van der Waals surface area contributed by atoms with Crippen molar-refractivity contribution in [3.63, 3.8) is 0 Å². The molecule has 0 aliphatic carbocycles. The lowest BCUT2D eigenvalue weighted by Gasteiger charge is -1.97. The van der Waals surface area contributed by atoms with E-state index in [-0.39, 0.29) is 0 Å². The lowest BCUT2D eigenvalue weighted by atomic mass is 10.1. The predicted molar refractivity (Wildman–Crippen MR) is 61.4 cm³/mol. The summed E-state index contributed by atoms with van der Waals surface area (Å²) in [6, 6.07) is 0. The van der Waals surface area contributed by atoms with Crippen LogP contribution < -0.4 is 0 Å². The molecule has 0 aromatic rings. The molecule has 0 rings (SSSR count). The molecule has 14 heavy (non-hydrogen) atoms. The van der Waals surface area contributed by atoms with Gasteiger partial charge in [-0.2, -0.15) is 0 Å². The van der Waals surface area contributed by atoms with Gasteiger partial charge in [-0.1, -0.05) is 6.58 Å². The number of rotatable bonds is 6. The fourth-order valence-electron chi connectivity index (χ4n) is 1.01. The Morgan fingerprint density at radius 1 is 1.29 bits per heavy atom. The Labute approximate surface area is 85.0 Å². The Bertz CT molecular complexity index is 275. The van der Waals surface area contributed by atoms with Crippen LogP contribution in [-0.2, 0) is 4.79 Å².